The average Bonchev–Trinajstić information content (AvgIpc) is 3.43. The number of anilines is 2. The molecule has 1 saturated carbocycles. The van der Waals surface area contributed by atoms with E-state index in [0.717, 1.165) is 6.07 Å². The molecule has 2 heterocycles. The summed E-state index contributed by atoms with van der Waals surface area (Å²) in [7, 11) is -7.82. The van der Waals surface area contributed by atoms with E-state index in [2.05, 4.69) is 9.71 Å². The Hall–Kier alpha value is -2.93. The molecule has 154 valence electrons. The number of nitrogens with zero attached hydrogens (tertiary/aromatic N) is 2. The Kier molecular flexibility index (Phi) is 4.38. The third-order valence-corrected chi connectivity index (χ3v) is 7.67. The van der Waals surface area contributed by atoms with Crippen LogP contribution in [0.25, 0.3) is 11.1 Å². The lowest BCUT2D eigenvalue weighted by Crippen LogP contribution is -2.30. The van der Waals surface area contributed by atoms with Crippen molar-refractivity contribution in [3.63, 3.8) is 0 Å². The van der Waals surface area contributed by atoms with Crippen LogP contribution in [0.2, 0.25) is 0 Å². The Morgan fingerprint density at radius 3 is 2.52 bits per heavy atom. The van der Waals surface area contributed by atoms with Gasteiger partial charge in [0.1, 0.15) is 23.8 Å². The van der Waals surface area contributed by atoms with Gasteiger partial charge in [0, 0.05) is 17.3 Å². The Bertz CT molecular complexity index is 1210. The first kappa shape index (κ1) is 19.4. The van der Waals surface area contributed by atoms with Crippen LogP contribution in [0.4, 0.5) is 15.9 Å². The second-order valence-electron chi connectivity index (χ2n) is 6.61. The first-order valence-corrected chi connectivity index (χ1v) is 11.4. The molecule has 29 heavy (non-hydrogen) atoms. The van der Waals surface area contributed by atoms with Gasteiger partial charge >= 0.3 is 10.2 Å². The van der Waals surface area contributed by atoms with Gasteiger partial charge in [-0.25, -0.2) is 26.8 Å². The van der Waals surface area contributed by atoms with Gasteiger partial charge in [-0.2, -0.15) is 8.42 Å². The average molecular weight is 442 g/mol. The van der Waals surface area contributed by atoms with Crippen LogP contribution in [0.3, 0.4) is 0 Å². The summed E-state index contributed by atoms with van der Waals surface area (Å²) < 4.78 is 67.5. The highest BCUT2D eigenvalue weighted by molar-refractivity contribution is 7.93. The van der Waals surface area contributed by atoms with Gasteiger partial charge in [0.25, 0.3) is 5.91 Å². The number of carbonyl (C=O) groups excluding carboxylic acids is 1. The molecular weight excluding hydrogens is 427 g/mol. The zero-order valence-corrected chi connectivity index (χ0v) is 16.3. The number of rotatable bonds is 5. The molecule has 0 atom stereocenters. The summed E-state index contributed by atoms with van der Waals surface area (Å²) in [5, 5.41) is 9.56. The molecule has 0 unspecified atom stereocenters. The molecule has 2 aromatic rings. The fourth-order valence-corrected chi connectivity index (χ4v) is 5.38. The summed E-state index contributed by atoms with van der Waals surface area (Å²) in [6.07, 6.45) is 2.39. The molecule has 13 heteroatoms. The smallest absolute Gasteiger partial charge is 0.326 e. The molecule has 1 aromatic carbocycles. The lowest BCUT2D eigenvalue weighted by molar-refractivity contribution is -0.117. The van der Waals surface area contributed by atoms with E-state index in [0.29, 0.717) is 17.1 Å². The van der Waals surface area contributed by atoms with Crippen LogP contribution in [0, 0.1) is 5.82 Å². The monoisotopic (exact) mass is 442 g/mol. The molecule has 2 aliphatic rings. The van der Waals surface area contributed by atoms with E-state index in [1.807, 2.05) is 0 Å². The first-order valence-electron chi connectivity index (χ1n) is 8.41. The van der Waals surface area contributed by atoms with Crippen molar-refractivity contribution in [3.05, 3.63) is 36.3 Å². The van der Waals surface area contributed by atoms with Gasteiger partial charge in [0.2, 0.25) is 10.0 Å². The van der Waals surface area contributed by atoms with Gasteiger partial charge in [-0.1, -0.05) is 0 Å². The topological polar surface area (TPSA) is 146 Å². The van der Waals surface area contributed by atoms with Crippen LogP contribution in [0.5, 0.6) is 5.75 Å². The highest BCUT2D eigenvalue weighted by Gasteiger charge is 2.38. The van der Waals surface area contributed by atoms with Gasteiger partial charge in [0.15, 0.2) is 5.82 Å². The van der Waals surface area contributed by atoms with Crippen LogP contribution >= 0.6 is 0 Å². The van der Waals surface area contributed by atoms with Crippen LogP contribution in [0.1, 0.15) is 12.8 Å². The zero-order chi connectivity index (χ0) is 21.0. The standard InChI is InChI=1S/C16H15FN4O6S2/c17-15-11(4-5-12(22)16(15)21-8-14(23)20-29(21,26)27)9-1-6-13(18-7-9)19-28(24,25)10-2-3-10/h1,4-7,10,22H,2-3,8H2,(H,18,19)(H,20,23). The van der Waals surface area contributed by atoms with Gasteiger partial charge in [-0.3, -0.25) is 9.52 Å². The normalized spacial score (nSPS) is 18.5. The first-order chi connectivity index (χ1) is 13.6. The number of halogens is 1. The molecule has 1 aliphatic heterocycles. The summed E-state index contributed by atoms with van der Waals surface area (Å²) in [6, 6.07) is 5.06. The molecule has 2 fully saturated rings. The Morgan fingerprint density at radius 1 is 1.24 bits per heavy atom. The number of amides is 1. The van der Waals surface area contributed by atoms with E-state index < -0.39 is 55.2 Å². The van der Waals surface area contributed by atoms with E-state index in [9.17, 15) is 26.7 Å². The van der Waals surface area contributed by atoms with E-state index >= 15 is 4.39 Å². The highest BCUT2D eigenvalue weighted by atomic mass is 32.2. The van der Waals surface area contributed by atoms with Crippen molar-refractivity contribution in [1.82, 2.24) is 9.71 Å². The van der Waals surface area contributed by atoms with Crippen molar-refractivity contribution in [1.29, 1.82) is 0 Å². The molecule has 1 aliphatic carbocycles. The number of sulfonamides is 1. The molecule has 1 amide bonds. The van der Waals surface area contributed by atoms with E-state index in [1.54, 1.807) is 4.72 Å². The molecular formula is C16H15FN4O6S2. The minimum Gasteiger partial charge on any atom is -0.506 e. The molecule has 1 aromatic heterocycles. The SMILES string of the molecule is O=C1CN(c2c(O)ccc(-c3ccc(NS(=O)(=O)C4CC4)nc3)c2F)S(=O)(=O)N1. The predicted octanol–water partition coefficient (Wildman–Crippen LogP) is 0.678. The van der Waals surface area contributed by atoms with Crippen molar-refractivity contribution < 1.29 is 31.1 Å². The number of aromatic hydroxyl groups is 1. The molecule has 0 radical (unpaired) electrons. The number of benzene rings is 1. The summed E-state index contributed by atoms with van der Waals surface area (Å²) in [4.78, 5) is 15.4. The van der Waals surface area contributed by atoms with Crippen molar-refractivity contribution in [2.75, 3.05) is 15.6 Å². The highest BCUT2D eigenvalue weighted by Crippen LogP contribution is 2.38. The second-order valence-corrected chi connectivity index (χ2v) is 10.2. The lowest BCUT2D eigenvalue weighted by atomic mass is 10.1. The summed E-state index contributed by atoms with van der Waals surface area (Å²) in [5.74, 6) is -2.52. The fraction of sp³-hybridized carbons (Fsp3) is 0.250. The largest absolute Gasteiger partial charge is 0.506 e. The molecule has 3 N–H and O–H groups in total. The molecule has 10 nitrogen and oxygen atoms in total. The number of aromatic nitrogens is 1. The van der Waals surface area contributed by atoms with Crippen LogP contribution in [0.15, 0.2) is 30.5 Å². The van der Waals surface area contributed by atoms with E-state index in [1.165, 1.54) is 24.4 Å². The van der Waals surface area contributed by atoms with Gasteiger partial charge < -0.3 is 5.11 Å². The van der Waals surface area contributed by atoms with Crippen molar-refractivity contribution in [3.8, 4) is 16.9 Å². The number of carbonyl (C=O) groups is 1. The van der Waals surface area contributed by atoms with Gasteiger partial charge in [-0.05, 0) is 37.1 Å². The Labute approximate surface area is 165 Å². The third kappa shape index (κ3) is 3.58. The minimum atomic E-state index is -4.32. The van der Waals surface area contributed by atoms with Crippen molar-refractivity contribution >= 4 is 37.6 Å². The van der Waals surface area contributed by atoms with E-state index in [4.69, 9.17) is 0 Å². The second kappa shape index (κ2) is 6.56. The van der Waals surface area contributed by atoms with Crippen LogP contribution in [-0.2, 0) is 25.0 Å². The van der Waals surface area contributed by atoms with Crippen LogP contribution in [-0.4, -0.2) is 44.6 Å². The minimum absolute atomic E-state index is 0.0666. The summed E-state index contributed by atoms with van der Waals surface area (Å²) in [5.41, 5.74) is -0.537. The maximum Gasteiger partial charge on any atom is 0.326 e. The number of hydrogen-bond donors (Lipinski definition) is 3. The number of hydrogen-bond acceptors (Lipinski definition) is 7. The zero-order valence-electron chi connectivity index (χ0n) is 14.7. The molecule has 0 spiro atoms. The summed E-state index contributed by atoms with van der Waals surface area (Å²) in [6.45, 7) is -0.670. The van der Waals surface area contributed by atoms with E-state index in [-0.39, 0.29) is 16.9 Å². The summed E-state index contributed by atoms with van der Waals surface area (Å²) >= 11 is 0. The Balaban J connectivity index is 1.68. The molecule has 0 bridgehead atoms. The van der Waals surface area contributed by atoms with Gasteiger partial charge in [-0.15, -0.1) is 0 Å². The van der Waals surface area contributed by atoms with Crippen molar-refractivity contribution in [2.24, 2.45) is 0 Å². The number of pyridine rings is 1. The Morgan fingerprint density at radius 2 is 1.97 bits per heavy atom. The fourth-order valence-electron chi connectivity index (χ4n) is 2.88. The van der Waals surface area contributed by atoms with Crippen molar-refractivity contribution in [2.45, 2.75) is 18.1 Å². The quantitative estimate of drug-likeness (QED) is 0.617. The molecule has 4 rings (SSSR count). The molecule has 1 saturated heterocycles. The lowest BCUT2D eigenvalue weighted by Gasteiger charge is -2.18. The number of nitrogens with one attached hydrogen (secondary N) is 2. The number of phenols is 1. The third-order valence-electron chi connectivity index (χ3n) is 4.45. The number of phenolic OH excluding ortho intramolecular Hbond substituents is 1. The maximum atomic E-state index is 15.1. The van der Waals surface area contributed by atoms with Crippen LogP contribution < -0.4 is 13.7 Å². The van der Waals surface area contributed by atoms with Gasteiger partial charge in [0.05, 0.1) is 5.25 Å². The maximum absolute atomic E-state index is 15.1. The predicted molar refractivity (Wildman–Crippen MR) is 101 cm³/mol.